The first-order valence-corrected chi connectivity index (χ1v) is 7.34. The Balaban J connectivity index is 2.39. The van der Waals surface area contributed by atoms with Gasteiger partial charge in [0, 0.05) is 37.9 Å². The molecule has 0 saturated carbocycles. The molecule has 0 aliphatic carbocycles. The van der Waals surface area contributed by atoms with Crippen molar-refractivity contribution in [1.29, 1.82) is 0 Å². The van der Waals surface area contributed by atoms with E-state index in [4.69, 9.17) is 30.5 Å². The Kier molecular flexibility index (Phi) is 10.2. The van der Waals surface area contributed by atoms with Crippen LogP contribution in [0.4, 0.5) is 0 Å². The van der Waals surface area contributed by atoms with Gasteiger partial charge in [0.2, 0.25) is 0 Å². The van der Waals surface area contributed by atoms with Crippen LogP contribution in [0, 0.1) is 0 Å². The van der Waals surface area contributed by atoms with Gasteiger partial charge in [0.05, 0.1) is 26.4 Å². The largest absolute Gasteiger partial charge is 0.491 e. The summed E-state index contributed by atoms with van der Waals surface area (Å²) in [4.78, 5) is 0. The predicted octanol–water partition coefficient (Wildman–Crippen LogP) is 2.12. The second kappa shape index (κ2) is 11.8. The molecule has 1 aromatic carbocycles. The SMILES string of the molecule is COCCNCc1c(Cl)cccc1OCCOCCOC. The van der Waals surface area contributed by atoms with Crippen LogP contribution in [0.25, 0.3) is 0 Å². The van der Waals surface area contributed by atoms with Crippen LogP contribution in [-0.2, 0) is 20.8 Å². The topological polar surface area (TPSA) is 49.0 Å². The van der Waals surface area contributed by atoms with E-state index < -0.39 is 0 Å². The first kappa shape index (κ1) is 18.2. The molecular weight excluding hydrogens is 294 g/mol. The fourth-order valence-electron chi connectivity index (χ4n) is 1.69. The molecule has 0 aliphatic rings. The van der Waals surface area contributed by atoms with Gasteiger partial charge in [-0.15, -0.1) is 0 Å². The Morgan fingerprint density at radius 2 is 1.76 bits per heavy atom. The zero-order chi connectivity index (χ0) is 15.3. The van der Waals surface area contributed by atoms with Crippen LogP contribution in [-0.4, -0.2) is 53.8 Å². The van der Waals surface area contributed by atoms with E-state index in [0.717, 1.165) is 17.9 Å². The van der Waals surface area contributed by atoms with E-state index in [-0.39, 0.29) is 0 Å². The highest BCUT2D eigenvalue weighted by atomic mass is 35.5. The van der Waals surface area contributed by atoms with Gasteiger partial charge in [-0.25, -0.2) is 0 Å². The van der Waals surface area contributed by atoms with Crippen LogP contribution in [0.1, 0.15) is 5.56 Å². The normalized spacial score (nSPS) is 10.8. The molecule has 0 spiro atoms. The van der Waals surface area contributed by atoms with E-state index in [9.17, 15) is 0 Å². The molecule has 0 radical (unpaired) electrons. The number of methoxy groups -OCH3 is 2. The number of benzene rings is 1. The zero-order valence-corrected chi connectivity index (χ0v) is 13.4. The number of hydrogen-bond donors (Lipinski definition) is 1. The lowest BCUT2D eigenvalue weighted by Crippen LogP contribution is -2.19. The smallest absolute Gasteiger partial charge is 0.125 e. The molecule has 0 fully saturated rings. The molecule has 1 N–H and O–H groups in total. The maximum atomic E-state index is 6.22. The van der Waals surface area contributed by atoms with Crippen LogP contribution in [0.2, 0.25) is 5.02 Å². The summed E-state index contributed by atoms with van der Waals surface area (Å²) in [6.45, 7) is 4.23. The highest BCUT2D eigenvalue weighted by molar-refractivity contribution is 6.31. The highest BCUT2D eigenvalue weighted by Crippen LogP contribution is 2.26. The standard InChI is InChI=1S/C15H24ClNO4/c1-18-7-6-17-12-13-14(16)4-3-5-15(13)21-11-10-20-9-8-19-2/h3-5,17H,6-12H2,1-2H3. The van der Waals surface area contributed by atoms with Crippen LogP contribution in [0.15, 0.2) is 18.2 Å². The van der Waals surface area contributed by atoms with Gasteiger partial charge in [0.15, 0.2) is 0 Å². The number of hydrogen-bond acceptors (Lipinski definition) is 5. The lowest BCUT2D eigenvalue weighted by molar-refractivity contribution is 0.0542. The molecule has 1 rings (SSSR count). The van der Waals surface area contributed by atoms with Crippen molar-refractivity contribution in [2.45, 2.75) is 6.54 Å². The van der Waals surface area contributed by atoms with E-state index >= 15 is 0 Å². The Labute approximate surface area is 131 Å². The van der Waals surface area contributed by atoms with E-state index in [0.29, 0.717) is 44.6 Å². The van der Waals surface area contributed by atoms with Crippen molar-refractivity contribution in [1.82, 2.24) is 5.32 Å². The summed E-state index contributed by atoms with van der Waals surface area (Å²) in [5, 5.41) is 3.96. The molecule has 21 heavy (non-hydrogen) atoms. The molecule has 6 heteroatoms. The minimum absolute atomic E-state index is 0.481. The van der Waals surface area contributed by atoms with Crippen molar-refractivity contribution in [3.05, 3.63) is 28.8 Å². The molecule has 0 bridgehead atoms. The second-order valence-electron chi connectivity index (χ2n) is 4.34. The summed E-state index contributed by atoms with van der Waals surface area (Å²) in [5.74, 6) is 0.780. The van der Waals surface area contributed by atoms with Crippen molar-refractivity contribution in [3.8, 4) is 5.75 Å². The fraction of sp³-hybridized carbons (Fsp3) is 0.600. The predicted molar refractivity (Wildman–Crippen MR) is 83.2 cm³/mol. The molecule has 0 aromatic heterocycles. The number of ether oxygens (including phenoxy) is 4. The van der Waals surface area contributed by atoms with Crippen LogP contribution in [0.5, 0.6) is 5.75 Å². The maximum absolute atomic E-state index is 6.22. The van der Waals surface area contributed by atoms with Gasteiger partial charge < -0.3 is 24.3 Å². The Hall–Kier alpha value is -0.850. The lowest BCUT2D eigenvalue weighted by atomic mass is 10.2. The summed E-state index contributed by atoms with van der Waals surface area (Å²) in [6, 6.07) is 5.65. The maximum Gasteiger partial charge on any atom is 0.125 e. The van der Waals surface area contributed by atoms with Gasteiger partial charge in [-0.1, -0.05) is 17.7 Å². The Morgan fingerprint density at radius 3 is 2.52 bits per heavy atom. The summed E-state index contributed by atoms with van der Waals surface area (Å²) < 4.78 is 21.0. The molecule has 1 aromatic rings. The third-order valence-corrected chi connectivity index (χ3v) is 3.13. The number of halogens is 1. The van der Waals surface area contributed by atoms with Crippen molar-refractivity contribution in [2.24, 2.45) is 0 Å². The molecule has 5 nitrogen and oxygen atoms in total. The van der Waals surface area contributed by atoms with Crippen molar-refractivity contribution in [3.63, 3.8) is 0 Å². The molecule has 120 valence electrons. The fourth-order valence-corrected chi connectivity index (χ4v) is 1.92. The summed E-state index contributed by atoms with van der Waals surface area (Å²) in [6.07, 6.45) is 0. The monoisotopic (exact) mass is 317 g/mol. The van der Waals surface area contributed by atoms with Gasteiger partial charge in [0.25, 0.3) is 0 Å². The molecule has 0 aliphatic heterocycles. The van der Waals surface area contributed by atoms with Gasteiger partial charge in [0.1, 0.15) is 12.4 Å². The lowest BCUT2D eigenvalue weighted by Gasteiger charge is -2.14. The van der Waals surface area contributed by atoms with Gasteiger partial charge in [-0.2, -0.15) is 0 Å². The Morgan fingerprint density at radius 1 is 1.00 bits per heavy atom. The zero-order valence-electron chi connectivity index (χ0n) is 12.7. The van der Waals surface area contributed by atoms with E-state index in [1.807, 2.05) is 18.2 Å². The second-order valence-corrected chi connectivity index (χ2v) is 4.75. The van der Waals surface area contributed by atoms with Gasteiger partial charge >= 0.3 is 0 Å². The van der Waals surface area contributed by atoms with Crippen LogP contribution in [0.3, 0.4) is 0 Å². The number of rotatable bonds is 12. The average Bonchev–Trinajstić information content (AvgIpc) is 2.49. The van der Waals surface area contributed by atoms with Gasteiger partial charge in [-0.3, -0.25) is 0 Å². The van der Waals surface area contributed by atoms with Crippen LogP contribution < -0.4 is 10.1 Å². The highest BCUT2D eigenvalue weighted by Gasteiger charge is 2.07. The summed E-state index contributed by atoms with van der Waals surface area (Å²) in [5.41, 5.74) is 0.951. The van der Waals surface area contributed by atoms with Crippen molar-refractivity contribution in [2.75, 3.05) is 53.8 Å². The molecule has 0 saturated heterocycles. The van der Waals surface area contributed by atoms with Gasteiger partial charge in [-0.05, 0) is 12.1 Å². The van der Waals surface area contributed by atoms with E-state index in [2.05, 4.69) is 5.32 Å². The van der Waals surface area contributed by atoms with E-state index in [1.165, 1.54) is 0 Å². The van der Waals surface area contributed by atoms with Crippen LogP contribution >= 0.6 is 11.6 Å². The number of nitrogens with one attached hydrogen (secondary N) is 1. The van der Waals surface area contributed by atoms with E-state index in [1.54, 1.807) is 14.2 Å². The third-order valence-electron chi connectivity index (χ3n) is 2.78. The first-order valence-electron chi connectivity index (χ1n) is 6.96. The molecule has 0 heterocycles. The molecule has 0 amide bonds. The summed E-state index contributed by atoms with van der Waals surface area (Å²) >= 11 is 6.22. The third kappa shape index (κ3) is 7.64. The minimum Gasteiger partial charge on any atom is -0.491 e. The Bertz CT molecular complexity index is 390. The average molecular weight is 318 g/mol. The van der Waals surface area contributed by atoms with Crippen molar-refractivity contribution >= 4 is 11.6 Å². The molecule has 0 atom stereocenters. The molecular formula is C15H24ClNO4. The minimum atomic E-state index is 0.481. The molecule has 0 unspecified atom stereocenters. The van der Waals surface area contributed by atoms with Crippen molar-refractivity contribution < 1.29 is 18.9 Å². The summed E-state index contributed by atoms with van der Waals surface area (Å²) in [7, 11) is 3.32. The quantitative estimate of drug-likeness (QED) is 0.598. The first-order chi connectivity index (χ1) is 10.3.